The van der Waals surface area contributed by atoms with Crippen LogP contribution in [0.1, 0.15) is 45.2 Å². The minimum atomic E-state index is -0.543. The summed E-state index contributed by atoms with van der Waals surface area (Å²) in [6.45, 7) is 9.86. The maximum Gasteiger partial charge on any atom is 0.271 e. The first-order chi connectivity index (χ1) is 17.8. The molecule has 188 valence electrons. The van der Waals surface area contributed by atoms with Crippen molar-refractivity contribution < 1.29 is 14.3 Å². The Balaban J connectivity index is 1.94. The van der Waals surface area contributed by atoms with Gasteiger partial charge in [-0.15, -0.1) is 0 Å². The van der Waals surface area contributed by atoms with Crippen LogP contribution in [0.4, 0.5) is 0 Å². The maximum absolute atomic E-state index is 13.6. The second-order valence-electron chi connectivity index (χ2n) is 9.03. The number of carbonyl (C=O) groups is 2. The normalized spacial score (nSPS) is 15.8. The van der Waals surface area contributed by atoms with Crippen molar-refractivity contribution >= 4 is 17.9 Å². The number of amides is 2. The van der Waals surface area contributed by atoms with Crippen LogP contribution in [0.2, 0.25) is 0 Å². The molecule has 0 aliphatic carbocycles. The standard InChI is InChI=1S/C30H30N4O3/c1-6-20(4)34-29(35)26(21(5)27(17-31)30(34)36)16-22-18-33(23-11-9-8-10-12-23)32-28(22)25-14-13-24(37-7-2)15-19(25)3/h8-16,18,20H,6-7H2,1-5H3/b26-16+. The van der Waals surface area contributed by atoms with Crippen LogP contribution in [0, 0.1) is 18.3 Å². The number of nitrogens with zero attached hydrogens (tertiary/aromatic N) is 4. The SMILES string of the molecule is CCOc1ccc(-c2nn(-c3ccccc3)cc2/C=C2/C(=O)N(C(C)CC)C(=O)C(C#N)=C2C)c(C)c1. The molecule has 7 nitrogen and oxygen atoms in total. The Morgan fingerprint density at radius 1 is 1.08 bits per heavy atom. The number of aromatic nitrogens is 2. The second kappa shape index (κ2) is 10.7. The van der Waals surface area contributed by atoms with Crippen LogP contribution >= 0.6 is 0 Å². The topological polar surface area (TPSA) is 88.2 Å². The van der Waals surface area contributed by atoms with Gasteiger partial charge in [-0.05, 0) is 81.7 Å². The number of carbonyl (C=O) groups excluding carboxylic acids is 2. The molecular weight excluding hydrogens is 464 g/mol. The van der Waals surface area contributed by atoms with Crippen molar-refractivity contribution in [1.82, 2.24) is 14.7 Å². The molecule has 0 saturated carbocycles. The zero-order chi connectivity index (χ0) is 26.7. The van der Waals surface area contributed by atoms with E-state index in [1.165, 1.54) is 4.90 Å². The van der Waals surface area contributed by atoms with Gasteiger partial charge in [-0.25, -0.2) is 4.68 Å². The molecule has 0 saturated heterocycles. The van der Waals surface area contributed by atoms with Crippen LogP contribution in [-0.4, -0.2) is 39.1 Å². The lowest BCUT2D eigenvalue weighted by Gasteiger charge is -2.31. The highest BCUT2D eigenvalue weighted by Gasteiger charge is 2.37. The largest absolute Gasteiger partial charge is 0.494 e. The third kappa shape index (κ3) is 4.83. The quantitative estimate of drug-likeness (QED) is 0.313. The third-order valence-electron chi connectivity index (χ3n) is 6.63. The molecule has 0 spiro atoms. The van der Waals surface area contributed by atoms with Crippen molar-refractivity contribution in [2.75, 3.05) is 6.61 Å². The molecule has 1 atom stereocenters. The molecule has 1 aromatic heterocycles. The number of benzene rings is 2. The average molecular weight is 495 g/mol. The van der Waals surface area contributed by atoms with E-state index in [0.717, 1.165) is 22.6 Å². The summed E-state index contributed by atoms with van der Waals surface area (Å²) in [6.07, 6.45) is 4.20. The summed E-state index contributed by atoms with van der Waals surface area (Å²) in [5, 5.41) is 14.6. The number of aryl methyl sites for hydroxylation is 1. The molecule has 0 fully saturated rings. The Labute approximate surface area is 217 Å². The fraction of sp³-hybridized carbons (Fsp3) is 0.267. The lowest BCUT2D eigenvalue weighted by molar-refractivity contribution is -0.142. The van der Waals surface area contributed by atoms with E-state index in [1.54, 1.807) is 17.7 Å². The fourth-order valence-corrected chi connectivity index (χ4v) is 4.41. The van der Waals surface area contributed by atoms with Crippen LogP contribution in [0.3, 0.4) is 0 Å². The first-order valence-electron chi connectivity index (χ1n) is 12.4. The Morgan fingerprint density at radius 2 is 1.81 bits per heavy atom. The zero-order valence-electron chi connectivity index (χ0n) is 21.8. The Morgan fingerprint density at radius 3 is 2.43 bits per heavy atom. The molecule has 7 heteroatoms. The van der Waals surface area contributed by atoms with Gasteiger partial charge < -0.3 is 4.74 Å². The maximum atomic E-state index is 13.6. The van der Waals surface area contributed by atoms with Crippen LogP contribution in [-0.2, 0) is 9.59 Å². The molecule has 1 unspecified atom stereocenters. The van der Waals surface area contributed by atoms with Crippen LogP contribution in [0.25, 0.3) is 23.0 Å². The van der Waals surface area contributed by atoms with Crippen molar-refractivity contribution in [1.29, 1.82) is 5.26 Å². The van der Waals surface area contributed by atoms with Crippen LogP contribution < -0.4 is 4.74 Å². The molecular formula is C30H30N4O3. The Hall–Kier alpha value is -4.44. The van der Waals surface area contributed by atoms with Crippen molar-refractivity contribution in [3.63, 3.8) is 0 Å². The molecule has 0 radical (unpaired) electrons. The van der Waals surface area contributed by atoms with E-state index < -0.39 is 11.8 Å². The van der Waals surface area contributed by atoms with E-state index >= 15 is 0 Å². The van der Waals surface area contributed by atoms with Gasteiger partial charge in [0.05, 0.1) is 12.3 Å². The predicted molar refractivity (Wildman–Crippen MR) is 143 cm³/mol. The van der Waals surface area contributed by atoms with E-state index in [9.17, 15) is 14.9 Å². The van der Waals surface area contributed by atoms with Crippen LogP contribution in [0.15, 0.2) is 71.4 Å². The van der Waals surface area contributed by atoms with Gasteiger partial charge in [0.2, 0.25) is 0 Å². The van der Waals surface area contributed by atoms with Gasteiger partial charge in [-0.3, -0.25) is 14.5 Å². The number of hydrogen-bond donors (Lipinski definition) is 0. The van der Waals surface area contributed by atoms with Crippen molar-refractivity contribution in [3.8, 4) is 28.8 Å². The van der Waals surface area contributed by atoms with Gasteiger partial charge >= 0.3 is 0 Å². The van der Waals surface area contributed by atoms with E-state index in [1.807, 2.05) is 88.5 Å². The second-order valence-corrected chi connectivity index (χ2v) is 9.03. The Bertz CT molecular complexity index is 1460. The van der Waals surface area contributed by atoms with Crippen LogP contribution in [0.5, 0.6) is 5.75 Å². The molecule has 2 aromatic carbocycles. The van der Waals surface area contributed by atoms with E-state index in [4.69, 9.17) is 9.84 Å². The van der Waals surface area contributed by atoms with Gasteiger partial charge in [-0.1, -0.05) is 25.1 Å². The van der Waals surface area contributed by atoms with Gasteiger partial charge in [0.15, 0.2) is 0 Å². The fourth-order valence-electron chi connectivity index (χ4n) is 4.41. The summed E-state index contributed by atoms with van der Waals surface area (Å²) < 4.78 is 7.43. The molecule has 4 rings (SSSR count). The molecule has 37 heavy (non-hydrogen) atoms. The highest BCUT2D eigenvalue weighted by atomic mass is 16.5. The molecule has 1 aliphatic heterocycles. The number of hydrogen-bond acceptors (Lipinski definition) is 5. The van der Waals surface area contributed by atoms with Gasteiger partial charge in [0.1, 0.15) is 23.1 Å². The van der Waals surface area contributed by atoms with Crippen molar-refractivity contribution in [2.45, 2.75) is 47.1 Å². The van der Waals surface area contributed by atoms with Crippen molar-refractivity contribution in [2.24, 2.45) is 0 Å². The molecule has 0 N–H and O–H groups in total. The number of ether oxygens (including phenoxy) is 1. The lowest BCUT2D eigenvalue weighted by atomic mass is 9.92. The van der Waals surface area contributed by atoms with E-state index in [0.29, 0.717) is 35.4 Å². The zero-order valence-corrected chi connectivity index (χ0v) is 21.8. The number of nitriles is 1. The van der Waals surface area contributed by atoms with Crippen molar-refractivity contribution in [3.05, 3.63) is 82.6 Å². The minimum absolute atomic E-state index is 0.0135. The first-order valence-corrected chi connectivity index (χ1v) is 12.4. The Kier molecular flexibility index (Phi) is 7.40. The number of rotatable bonds is 7. The third-order valence-corrected chi connectivity index (χ3v) is 6.63. The molecule has 2 heterocycles. The van der Waals surface area contributed by atoms with E-state index in [-0.39, 0.29) is 11.6 Å². The molecule has 1 aliphatic rings. The summed E-state index contributed by atoms with van der Waals surface area (Å²) in [4.78, 5) is 27.7. The molecule has 3 aromatic rings. The first kappa shape index (κ1) is 25.6. The van der Waals surface area contributed by atoms with Gasteiger partial charge in [0.25, 0.3) is 11.8 Å². The monoisotopic (exact) mass is 494 g/mol. The smallest absolute Gasteiger partial charge is 0.271 e. The molecule has 0 bridgehead atoms. The minimum Gasteiger partial charge on any atom is -0.494 e. The highest BCUT2D eigenvalue weighted by Crippen LogP contribution is 2.34. The summed E-state index contributed by atoms with van der Waals surface area (Å²) in [5.41, 5.74) is 4.80. The van der Waals surface area contributed by atoms with Gasteiger partial charge in [-0.2, -0.15) is 10.4 Å². The predicted octanol–water partition coefficient (Wildman–Crippen LogP) is 5.64. The average Bonchev–Trinajstić information content (AvgIpc) is 3.31. The summed E-state index contributed by atoms with van der Waals surface area (Å²) >= 11 is 0. The molecule has 2 amide bonds. The van der Waals surface area contributed by atoms with Gasteiger partial charge in [0, 0.05) is 28.9 Å². The number of para-hydroxylation sites is 1. The summed E-state index contributed by atoms with van der Waals surface area (Å²) in [5.74, 6) is -0.175. The summed E-state index contributed by atoms with van der Waals surface area (Å²) in [7, 11) is 0. The lowest BCUT2D eigenvalue weighted by Crippen LogP contribution is -2.47. The van der Waals surface area contributed by atoms with E-state index in [2.05, 4.69) is 0 Å². The summed E-state index contributed by atoms with van der Waals surface area (Å²) in [6, 6.07) is 17.2. The number of imide groups is 1. The highest BCUT2D eigenvalue weighted by molar-refractivity contribution is 6.20.